The zero-order chi connectivity index (χ0) is 14.5. The van der Waals surface area contributed by atoms with E-state index >= 15 is 0 Å². The van der Waals surface area contributed by atoms with Gasteiger partial charge in [0, 0.05) is 18.4 Å². The molecular formula is C14H15FN2O3. The van der Waals surface area contributed by atoms with E-state index < -0.39 is 5.97 Å². The lowest BCUT2D eigenvalue weighted by molar-refractivity contribution is -0.137. The van der Waals surface area contributed by atoms with Crippen LogP contribution < -0.4 is 0 Å². The second-order valence-electron chi connectivity index (χ2n) is 4.57. The number of rotatable bonds is 6. The van der Waals surface area contributed by atoms with E-state index in [2.05, 4.69) is 10.2 Å². The summed E-state index contributed by atoms with van der Waals surface area (Å²) < 4.78 is 18.7. The van der Waals surface area contributed by atoms with Gasteiger partial charge in [0.05, 0.1) is 0 Å². The van der Waals surface area contributed by atoms with Crippen molar-refractivity contribution in [3.8, 4) is 11.5 Å². The van der Waals surface area contributed by atoms with Gasteiger partial charge in [-0.1, -0.05) is 0 Å². The van der Waals surface area contributed by atoms with Crippen LogP contribution in [0.1, 0.15) is 30.7 Å². The molecule has 0 aliphatic rings. The van der Waals surface area contributed by atoms with Gasteiger partial charge < -0.3 is 9.52 Å². The number of hydrogen-bond acceptors (Lipinski definition) is 4. The number of unbranched alkanes of at least 4 members (excludes halogenated alkanes) is 1. The highest BCUT2D eigenvalue weighted by molar-refractivity contribution is 5.66. The molecule has 0 radical (unpaired) electrons. The minimum absolute atomic E-state index is 0.137. The smallest absolute Gasteiger partial charge is 0.303 e. The predicted molar refractivity (Wildman–Crippen MR) is 69.6 cm³/mol. The molecule has 0 spiro atoms. The molecule has 20 heavy (non-hydrogen) atoms. The average Bonchev–Trinajstić information content (AvgIpc) is 2.86. The summed E-state index contributed by atoms with van der Waals surface area (Å²) in [5.74, 6) is -0.270. The van der Waals surface area contributed by atoms with Crippen LogP contribution >= 0.6 is 0 Å². The third-order valence-electron chi connectivity index (χ3n) is 2.90. The van der Waals surface area contributed by atoms with Gasteiger partial charge in [-0.3, -0.25) is 4.79 Å². The lowest BCUT2D eigenvalue weighted by Gasteiger charge is -1.98. The fraction of sp³-hybridized carbons (Fsp3) is 0.357. The first-order valence-corrected chi connectivity index (χ1v) is 6.37. The highest BCUT2D eigenvalue weighted by Gasteiger charge is 2.10. The fourth-order valence-electron chi connectivity index (χ4n) is 1.80. The number of carboxylic acids is 1. The van der Waals surface area contributed by atoms with Gasteiger partial charge in [-0.2, -0.15) is 0 Å². The van der Waals surface area contributed by atoms with Gasteiger partial charge in [0.1, 0.15) is 5.82 Å². The summed E-state index contributed by atoms with van der Waals surface area (Å²) in [4.78, 5) is 10.4. The summed E-state index contributed by atoms with van der Waals surface area (Å²) in [6.07, 6.45) is 1.93. The van der Waals surface area contributed by atoms with E-state index in [0.717, 1.165) is 0 Å². The third kappa shape index (κ3) is 3.63. The summed E-state index contributed by atoms with van der Waals surface area (Å²) >= 11 is 0. The molecule has 0 saturated carbocycles. The molecule has 0 fully saturated rings. The Balaban J connectivity index is 1.97. The summed E-state index contributed by atoms with van der Waals surface area (Å²) in [7, 11) is 0. The third-order valence-corrected chi connectivity index (χ3v) is 2.90. The molecule has 2 aromatic rings. The first kappa shape index (κ1) is 14.2. The Bertz CT molecular complexity index is 610. The Kier molecular flexibility index (Phi) is 4.45. The van der Waals surface area contributed by atoms with E-state index in [4.69, 9.17) is 9.52 Å². The normalized spacial score (nSPS) is 10.7. The molecule has 0 atom stereocenters. The van der Waals surface area contributed by atoms with E-state index in [0.29, 0.717) is 42.2 Å². The summed E-state index contributed by atoms with van der Waals surface area (Å²) in [6, 6.07) is 4.60. The zero-order valence-electron chi connectivity index (χ0n) is 11.1. The number of aryl methyl sites for hydroxylation is 2. The quantitative estimate of drug-likeness (QED) is 0.822. The van der Waals surface area contributed by atoms with Gasteiger partial charge in [-0.25, -0.2) is 4.39 Å². The molecule has 0 bridgehead atoms. The van der Waals surface area contributed by atoms with Crippen molar-refractivity contribution in [2.75, 3.05) is 0 Å². The van der Waals surface area contributed by atoms with Crippen molar-refractivity contribution in [2.24, 2.45) is 0 Å². The molecule has 1 aromatic carbocycles. The van der Waals surface area contributed by atoms with E-state index in [1.54, 1.807) is 19.1 Å². The number of carbonyl (C=O) groups is 1. The molecule has 5 nitrogen and oxygen atoms in total. The van der Waals surface area contributed by atoms with Crippen LogP contribution in [0.15, 0.2) is 22.6 Å². The summed E-state index contributed by atoms with van der Waals surface area (Å²) in [5, 5.41) is 16.3. The lowest BCUT2D eigenvalue weighted by Crippen LogP contribution is -1.95. The van der Waals surface area contributed by atoms with Gasteiger partial charge in [0.15, 0.2) is 0 Å². The highest BCUT2D eigenvalue weighted by atomic mass is 19.1. The molecule has 0 saturated heterocycles. The Morgan fingerprint density at radius 2 is 2.15 bits per heavy atom. The minimum atomic E-state index is -0.807. The van der Waals surface area contributed by atoms with Gasteiger partial charge in [-0.15, -0.1) is 10.2 Å². The Morgan fingerprint density at radius 3 is 2.85 bits per heavy atom. The van der Waals surface area contributed by atoms with Crippen LogP contribution in [0.25, 0.3) is 11.5 Å². The van der Waals surface area contributed by atoms with Crippen molar-refractivity contribution in [1.82, 2.24) is 10.2 Å². The maximum Gasteiger partial charge on any atom is 0.303 e. The zero-order valence-corrected chi connectivity index (χ0v) is 11.1. The lowest BCUT2D eigenvalue weighted by atomic mass is 10.1. The Labute approximate surface area is 115 Å². The Hall–Kier alpha value is -2.24. The van der Waals surface area contributed by atoms with Crippen molar-refractivity contribution in [1.29, 1.82) is 0 Å². The van der Waals surface area contributed by atoms with Crippen molar-refractivity contribution >= 4 is 5.97 Å². The number of nitrogens with zero attached hydrogens (tertiary/aromatic N) is 2. The van der Waals surface area contributed by atoms with E-state index in [-0.39, 0.29) is 12.2 Å². The summed E-state index contributed by atoms with van der Waals surface area (Å²) in [5.41, 5.74) is 1.19. The number of halogens is 1. The maximum atomic E-state index is 13.2. The minimum Gasteiger partial charge on any atom is -0.481 e. The van der Waals surface area contributed by atoms with E-state index in [9.17, 15) is 9.18 Å². The molecule has 1 N–H and O–H groups in total. The fourth-order valence-corrected chi connectivity index (χ4v) is 1.80. The number of hydrogen-bond donors (Lipinski definition) is 1. The first-order valence-electron chi connectivity index (χ1n) is 6.37. The molecule has 0 aliphatic heterocycles. The van der Waals surface area contributed by atoms with Gasteiger partial charge in [0.25, 0.3) is 0 Å². The van der Waals surface area contributed by atoms with Crippen molar-refractivity contribution in [3.05, 3.63) is 35.5 Å². The van der Waals surface area contributed by atoms with Crippen LogP contribution in [0.2, 0.25) is 0 Å². The Morgan fingerprint density at radius 1 is 1.35 bits per heavy atom. The van der Waals surface area contributed by atoms with Gasteiger partial charge >= 0.3 is 5.97 Å². The molecule has 1 heterocycles. The summed E-state index contributed by atoms with van der Waals surface area (Å²) in [6.45, 7) is 1.67. The molecule has 0 unspecified atom stereocenters. The molecule has 106 valence electrons. The maximum absolute atomic E-state index is 13.2. The number of carboxylic acid groups (broad SMARTS) is 1. The number of benzene rings is 1. The number of aliphatic carboxylic acids is 1. The van der Waals surface area contributed by atoms with Crippen LogP contribution in [0, 0.1) is 12.7 Å². The van der Waals surface area contributed by atoms with Crippen LogP contribution in [0.4, 0.5) is 4.39 Å². The average molecular weight is 278 g/mol. The second kappa shape index (κ2) is 6.27. The molecule has 1 aromatic heterocycles. The van der Waals surface area contributed by atoms with Crippen molar-refractivity contribution < 1.29 is 18.7 Å². The molecule has 0 amide bonds. The molecule has 0 aliphatic carbocycles. The van der Waals surface area contributed by atoms with E-state index in [1.165, 1.54) is 6.07 Å². The standard InChI is InChI=1S/C14H15FN2O3/c1-9-8-10(6-7-11(9)15)14-17-16-12(20-14)4-2-3-5-13(18)19/h6-8H,2-5H2,1H3,(H,18,19). The van der Waals surface area contributed by atoms with E-state index in [1.807, 2.05) is 0 Å². The van der Waals surface area contributed by atoms with Crippen molar-refractivity contribution in [2.45, 2.75) is 32.6 Å². The SMILES string of the molecule is Cc1cc(-c2nnc(CCCCC(=O)O)o2)ccc1F. The topological polar surface area (TPSA) is 76.2 Å². The van der Waals surface area contributed by atoms with Crippen LogP contribution in [0.3, 0.4) is 0 Å². The molecule has 6 heteroatoms. The van der Waals surface area contributed by atoms with Crippen LogP contribution in [-0.4, -0.2) is 21.3 Å². The van der Waals surface area contributed by atoms with Gasteiger partial charge in [-0.05, 0) is 43.5 Å². The highest BCUT2D eigenvalue weighted by Crippen LogP contribution is 2.21. The van der Waals surface area contributed by atoms with Crippen LogP contribution in [0.5, 0.6) is 0 Å². The largest absolute Gasteiger partial charge is 0.481 e. The first-order chi connectivity index (χ1) is 9.56. The predicted octanol–water partition coefficient (Wildman–Crippen LogP) is 2.98. The number of aromatic nitrogens is 2. The monoisotopic (exact) mass is 278 g/mol. The molecular weight excluding hydrogens is 263 g/mol. The van der Waals surface area contributed by atoms with Gasteiger partial charge in [0.2, 0.25) is 11.8 Å². The second-order valence-corrected chi connectivity index (χ2v) is 4.57. The van der Waals surface area contributed by atoms with Crippen molar-refractivity contribution in [3.63, 3.8) is 0 Å². The van der Waals surface area contributed by atoms with Crippen LogP contribution in [-0.2, 0) is 11.2 Å². The molecule has 2 rings (SSSR count).